The molecule has 0 unspecified atom stereocenters. The Kier molecular flexibility index (Phi) is 7.13. The highest BCUT2D eigenvalue weighted by atomic mass is 19.1. The standard InChI is InChI=1S/C18H21F2NO7/c1-3-16(22)27-10(2)28-18(25)21-8-11(6-14(21)17(23)24)9-26-15-7-12(19)4-5-13(15)20/h4-5,7,10-11,14H,3,6,8-9H2,1-2H3,(H,23,24)/t10-,11-,14-/m0/s1. The van der Waals surface area contributed by atoms with E-state index in [2.05, 4.69) is 0 Å². The van der Waals surface area contributed by atoms with Gasteiger partial charge < -0.3 is 19.3 Å². The number of carboxylic acid groups (broad SMARTS) is 1. The van der Waals surface area contributed by atoms with Crippen molar-refractivity contribution in [1.82, 2.24) is 4.90 Å². The topological polar surface area (TPSA) is 102 Å². The van der Waals surface area contributed by atoms with Gasteiger partial charge in [-0.2, -0.15) is 0 Å². The van der Waals surface area contributed by atoms with Crippen LogP contribution in [0.3, 0.4) is 0 Å². The fourth-order valence-electron chi connectivity index (χ4n) is 2.78. The average molecular weight is 401 g/mol. The molecule has 0 bridgehead atoms. The van der Waals surface area contributed by atoms with E-state index in [1.807, 2.05) is 0 Å². The normalized spacial score (nSPS) is 19.8. The Bertz CT molecular complexity index is 743. The second kappa shape index (κ2) is 9.34. The molecular weight excluding hydrogens is 380 g/mol. The number of hydrogen-bond acceptors (Lipinski definition) is 6. The minimum absolute atomic E-state index is 0.0266. The van der Waals surface area contributed by atoms with Crippen molar-refractivity contribution >= 4 is 18.0 Å². The lowest BCUT2D eigenvalue weighted by molar-refractivity contribution is -0.166. The minimum atomic E-state index is -1.24. The summed E-state index contributed by atoms with van der Waals surface area (Å²) >= 11 is 0. The van der Waals surface area contributed by atoms with Gasteiger partial charge in [-0.3, -0.25) is 9.69 Å². The third-order valence-corrected chi connectivity index (χ3v) is 4.13. The first-order valence-electron chi connectivity index (χ1n) is 8.68. The maximum Gasteiger partial charge on any atom is 0.413 e. The van der Waals surface area contributed by atoms with Crippen molar-refractivity contribution in [3.8, 4) is 5.75 Å². The number of benzene rings is 1. The molecule has 1 saturated heterocycles. The molecule has 1 N–H and O–H groups in total. The number of hydrogen-bond donors (Lipinski definition) is 1. The largest absolute Gasteiger partial charge is 0.490 e. The van der Waals surface area contributed by atoms with Crippen LogP contribution in [0.15, 0.2) is 18.2 Å². The van der Waals surface area contributed by atoms with Crippen LogP contribution in [0.4, 0.5) is 13.6 Å². The van der Waals surface area contributed by atoms with Crippen molar-refractivity contribution in [1.29, 1.82) is 0 Å². The van der Waals surface area contributed by atoms with Gasteiger partial charge in [-0.15, -0.1) is 0 Å². The van der Waals surface area contributed by atoms with Gasteiger partial charge in [0.05, 0.1) is 6.61 Å². The number of amides is 1. The first kappa shape index (κ1) is 21.4. The molecule has 2 rings (SSSR count). The van der Waals surface area contributed by atoms with E-state index >= 15 is 0 Å². The molecule has 0 aliphatic carbocycles. The van der Waals surface area contributed by atoms with Crippen LogP contribution in [-0.4, -0.2) is 53.5 Å². The van der Waals surface area contributed by atoms with Gasteiger partial charge in [-0.25, -0.2) is 18.4 Å². The van der Waals surface area contributed by atoms with E-state index in [0.29, 0.717) is 0 Å². The summed E-state index contributed by atoms with van der Waals surface area (Å²) in [6, 6.07) is 1.58. The third-order valence-electron chi connectivity index (χ3n) is 4.13. The first-order chi connectivity index (χ1) is 13.2. The Balaban J connectivity index is 1.97. The Morgan fingerprint density at radius 3 is 2.64 bits per heavy atom. The highest BCUT2D eigenvalue weighted by Crippen LogP contribution is 2.27. The number of carbonyl (C=O) groups excluding carboxylic acids is 2. The van der Waals surface area contributed by atoms with Crippen LogP contribution in [-0.2, 0) is 19.1 Å². The number of likely N-dealkylation sites (tertiary alicyclic amines) is 1. The number of rotatable bonds is 7. The zero-order valence-corrected chi connectivity index (χ0v) is 15.4. The predicted octanol–water partition coefficient (Wildman–Crippen LogP) is 2.55. The van der Waals surface area contributed by atoms with E-state index in [1.165, 1.54) is 6.92 Å². The summed E-state index contributed by atoms with van der Waals surface area (Å²) in [5, 5.41) is 9.35. The van der Waals surface area contributed by atoms with Gasteiger partial charge in [0.2, 0.25) is 6.29 Å². The van der Waals surface area contributed by atoms with E-state index in [4.69, 9.17) is 14.2 Å². The van der Waals surface area contributed by atoms with Crippen molar-refractivity contribution in [2.75, 3.05) is 13.2 Å². The van der Waals surface area contributed by atoms with Gasteiger partial charge in [-0.05, 0) is 18.6 Å². The second-order valence-corrected chi connectivity index (χ2v) is 6.29. The minimum Gasteiger partial charge on any atom is -0.490 e. The summed E-state index contributed by atoms with van der Waals surface area (Å²) < 4.78 is 41.8. The molecule has 28 heavy (non-hydrogen) atoms. The van der Waals surface area contributed by atoms with Crippen LogP contribution in [0, 0.1) is 17.6 Å². The Morgan fingerprint density at radius 1 is 1.29 bits per heavy atom. The molecule has 1 aliphatic heterocycles. The Morgan fingerprint density at radius 2 is 2.00 bits per heavy atom. The molecule has 3 atom stereocenters. The highest BCUT2D eigenvalue weighted by Gasteiger charge is 2.41. The van der Waals surface area contributed by atoms with Crippen molar-refractivity contribution in [3.63, 3.8) is 0 Å². The fourth-order valence-corrected chi connectivity index (χ4v) is 2.78. The molecule has 0 radical (unpaired) electrons. The number of ether oxygens (including phenoxy) is 3. The number of esters is 1. The zero-order valence-electron chi connectivity index (χ0n) is 15.4. The number of nitrogens with zero attached hydrogens (tertiary/aromatic N) is 1. The van der Waals surface area contributed by atoms with Crippen LogP contribution in [0.1, 0.15) is 26.7 Å². The summed E-state index contributed by atoms with van der Waals surface area (Å²) in [6.45, 7) is 2.77. The molecule has 0 spiro atoms. The molecule has 1 heterocycles. The number of aliphatic carboxylic acids is 1. The molecule has 0 saturated carbocycles. The second-order valence-electron chi connectivity index (χ2n) is 6.29. The van der Waals surface area contributed by atoms with Crippen LogP contribution < -0.4 is 4.74 Å². The predicted molar refractivity (Wildman–Crippen MR) is 90.4 cm³/mol. The molecule has 1 aromatic carbocycles. The van der Waals surface area contributed by atoms with Crippen molar-refractivity contribution in [2.24, 2.45) is 5.92 Å². The monoisotopic (exact) mass is 401 g/mol. The number of carbonyl (C=O) groups is 3. The zero-order chi connectivity index (χ0) is 20.8. The molecule has 154 valence electrons. The van der Waals surface area contributed by atoms with Gasteiger partial charge in [-0.1, -0.05) is 6.92 Å². The van der Waals surface area contributed by atoms with Crippen molar-refractivity contribution in [2.45, 2.75) is 39.0 Å². The first-order valence-corrected chi connectivity index (χ1v) is 8.68. The maximum absolute atomic E-state index is 13.6. The summed E-state index contributed by atoms with van der Waals surface area (Å²) in [6.07, 6.45) is -1.99. The van der Waals surface area contributed by atoms with Crippen LogP contribution in [0.2, 0.25) is 0 Å². The van der Waals surface area contributed by atoms with Gasteiger partial charge in [0.1, 0.15) is 11.9 Å². The quantitative estimate of drug-likeness (QED) is 0.553. The van der Waals surface area contributed by atoms with Crippen LogP contribution in [0.25, 0.3) is 0 Å². The Hall–Kier alpha value is -2.91. The summed E-state index contributed by atoms with van der Waals surface area (Å²) in [4.78, 5) is 35.9. The molecule has 1 fully saturated rings. The van der Waals surface area contributed by atoms with Gasteiger partial charge >= 0.3 is 18.0 Å². The summed E-state index contributed by atoms with van der Waals surface area (Å²) in [5.74, 6) is -3.98. The van der Waals surface area contributed by atoms with Crippen molar-refractivity contribution < 1.29 is 42.5 Å². The lowest BCUT2D eigenvalue weighted by atomic mass is 10.1. The number of halogens is 2. The molecule has 1 amide bonds. The Labute approximate surface area is 160 Å². The SMILES string of the molecule is CCC(=O)O[C@H](C)OC(=O)N1C[C@@H](COc2cc(F)ccc2F)C[C@H]1C(=O)O. The third kappa shape index (κ3) is 5.54. The molecule has 10 heteroatoms. The molecule has 1 aliphatic rings. The van der Waals surface area contributed by atoms with Gasteiger partial charge in [0.25, 0.3) is 0 Å². The van der Waals surface area contributed by atoms with E-state index in [9.17, 15) is 28.3 Å². The van der Waals surface area contributed by atoms with Crippen LogP contribution >= 0.6 is 0 Å². The van der Waals surface area contributed by atoms with Gasteiger partial charge in [0, 0.05) is 31.9 Å². The lowest BCUT2D eigenvalue weighted by Gasteiger charge is -2.23. The van der Waals surface area contributed by atoms with E-state index < -0.39 is 47.9 Å². The highest BCUT2D eigenvalue weighted by molar-refractivity contribution is 5.81. The summed E-state index contributed by atoms with van der Waals surface area (Å²) in [7, 11) is 0. The maximum atomic E-state index is 13.6. The average Bonchev–Trinajstić information content (AvgIpc) is 3.07. The van der Waals surface area contributed by atoms with E-state index in [1.54, 1.807) is 6.92 Å². The van der Waals surface area contributed by atoms with E-state index in [0.717, 1.165) is 23.1 Å². The van der Waals surface area contributed by atoms with Gasteiger partial charge in [0.15, 0.2) is 11.6 Å². The lowest BCUT2D eigenvalue weighted by Crippen LogP contribution is -2.42. The molecule has 8 nitrogen and oxygen atoms in total. The van der Waals surface area contributed by atoms with Crippen LogP contribution in [0.5, 0.6) is 5.75 Å². The molecule has 0 aromatic heterocycles. The fraction of sp³-hybridized carbons (Fsp3) is 0.500. The molecule has 1 aromatic rings. The van der Waals surface area contributed by atoms with E-state index in [-0.39, 0.29) is 31.7 Å². The van der Waals surface area contributed by atoms with Crippen molar-refractivity contribution in [3.05, 3.63) is 29.8 Å². The molecular formula is C18H21F2NO7. The summed E-state index contributed by atoms with van der Waals surface area (Å²) in [5.41, 5.74) is 0. The number of carboxylic acids is 1. The smallest absolute Gasteiger partial charge is 0.413 e.